The number of nitrogens with one attached hydrogen (secondary N) is 3. The van der Waals surface area contributed by atoms with Gasteiger partial charge >= 0.3 is 0 Å². The highest BCUT2D eigenvalue weighted by molar-refractivity contribution is 6.00. The van der Waals surface area contributed by atoms with E-state index < -0.39 is 0 Å². The van der Waals surface area contributed by atoms with Crippen molar-refractivity contribution in [2.75, 3.05) is 5.32 Å². The monoisotopic (exact) mass is 470 g/mol. The topological polar surface area (TPSA) is 108 Å². The summed E-state index contributed by atoms with van der Waals surface area (Å²) in [5, 5.41) is 13.0. The van der Waals surface area contributed by atoms with Crippen molar-refractivity contribution in [1.82, 2.24) is 35.1 Å². The third kappa shape index (κ3) is 3.60. The van der Waals surface area contributed by atoms with Crippen molar-refractivity contribution in [3.05, 3.63) is 86.0 Å². The van der Waals surface area contributed by atoms with Crippen LogP contribution in [0.2, 0.25) is 0 Å². The molecular weight excluding hydrogens is 448 g/mol. The van der Waals surface area contributed by atoms with Crippen molar-refractivity contribution < 1.29 is 0 Å². The number of allylic oxidation sites excluding steroid dienone is 1. The number of nitrogens with zero attached hydrogens (tertiary/aromatic N) is 5. The van der Waals surface area contributed by atoms with Crippen LogP contribution in [0.4, 0.5) is 5.69 Å². The Bertz CT molecular complexity index is 1740. The summed E-state index contributed by atoms with van der Waals surface area (Å²) in [5.74, 6) is 0.575. The van der Waals surface area contributed by atoms with Crippen LogP contribution >= 0.6 is 0 Å². The van der Waals surface area contributed by atoms with Gasteiger partial charge in [0.25, 0.3) is 0 Å². The van der Waals surface area contributed by atoms with Gasteiger partial charge in [0.15, 0.2) is 5.65 Å². The van der Waals surface area contributed by atoms with Gasteiger partial charge in [-0.15, -0.1) is 0 Å². The van der Waals surface area contributed by atoms with Crippen LogP contribution in [0.3, 0.4) is 0 Å². The summed E-state index contributed by atoms with van der Waals surface area (Å²) in [7, 11) is 0. The number of hydrogen-bond acceptors (Lipinski definition) is 6. The molecule has 174 valence electrons. The summed E-state index contributed by atoms with van der Waals surface area (Å²) in [5.41, 5.74) is 9.45. The van der Waals surface area contributed by atoms with E-state index in [0.29, 0.717) is 11.6 Å². The first-order chi connectivity index (χ1) is 17.7. The second-order valence-electron chi connectivity index (χ2n) is 9.15. The van der Waals surface area contributed by atoms with Gasteiger partial charge in [-0.3, -0.25) is 20.1 Å². The second kappa shape index (κ2) is 8.13. The van der Waals surface area contributed by atoms with Crippen LogP contribution in [-0.4, -0.2) is 35.1 Å². The molecule has 0 bridgehead atoms. The Labute approximate surface area is 206 Å². The Morgan fingerprint density at radius 1 is 0.861 bits per heavy atom. The van der Waals surface area contributed by atoms with Crippen molar-refractivity contribution in [3.63, 3.8) is 0 Å². The standard InChI is InChI=1S/C28H22N8/c1-16(17-2-3-17)33-21-8-19(11-30-13-21)20-9-23-27(35-36-28(23)32-12-20)25-10-22-24(14-31-15-26(22)34-25)18-4-6-29-7-5-18/h4-15,17,33-34H,1-3H2,(H,32,35,36). The summed E-state index contributed by atoms with van der Waals surface area (Å²) in [6.07, 6.45) is 15.2. The Morgan fingerprint density at radius 3 is 2.56 bits per heavy atom. The second-order valence-corrected chi connectivity index (χ2v) is 9.15. The van der Waals surface area contributed by atoms with Crippen LogP contribution in [0.15, 0.2) is 86.0 Å². The first kappa shape index (κ1) is 20.5. The smallest absolute Gasteiger partial charge is 0.181 e. The summed E-state index contributed by atoms with van der Waals surface area (Å²) < 4.78 is 0. The van der Waals surface area contributed by atoms with Gasteiger partial charge in [-0.2, -0.15) is 5.10 Å². The minimum absolute atomic E-state index is 0.575. The fraction of sp³-hybridized carbons (Fsp3) is 0.107. The van der Waals surface area contributed by atoms with Crippen molar-refractivity contribution in [2.45, 2.75) is 12.8 Å². The van der Waals surface area contributed by atoms with E-state index in [1.807, 2.05) is 43.1 Å². The van der Waals surface area contributed by atoms with E-state index >= 15 is 0 Å². The lowest BCUT2D eigenvalue weighted by Gasteiger charge is -2.09. The summed E-state index contributed by atoms with van der Waals surface area (Å²) in [6, 6.07) is 10.3. The molecule has 6 heterocycles. The molecular formula is C28H22N8. The van der Waals surface area contributed by atoms with Crippen molar-refractivity contribution in [1.29, 1.82) is 0 Å². The van der Waals surface area contributed by atoms with Crippen LogP contribution in [0.5, 0.6) is 0 Å². The number of anilines is 1. The van der Waals surface area contributed by atoms with E-state index in [1.165, 1.54) is 12.8 Å². The highest BCUT2D eigenvalue weighted by atomic mass is 15.2. The number of pyridine rings is 4. The van der Waals surface area contributed by atoms with Gasteiger partial charge in [-0.25, -0.2) is 4.98 Å². The molecule has 1 fully saturated rings. The molecule has 0 aliphatic heterocycles. The largest absolute Gasteiger partial charge is 0.358 e. The predicted octanol–water partition coefficient (Wildman–Crippen LogP) is 5.96. The Hall–Kier alpha value is -4.85. The van der Waals surface area contributed by atoms with Crippen molar-refractivity contribution in [3.8, 4) is 33.6 Å². The number of aromatic amines is 2. The van der Waals surface area contributed by atoms with E-state index in [4.69, 9.17) is 0 Å². The van der Waals surface area contributed by atoms with Gasteiger partial charge < -0.3 is 10.3 Å². The number of H-pyrrole nitrogens is 2. The minimum atomic E-state index is 0.575. The molecule has 1 aliphatic carbocycles. The first-order valence-corrected chi connectivity index (χ1v) is 11.9. The van der Waals surface area contributed by atoms with Gasteiger partial charge in [0, 0.05) is 64.1 Å². The molecule has 6 aromatic rings. The average Bonchev–Trinajstić information content (AvgIpc) is 3.55. The number of hydrogen-bond donors (Lipinski definition) is 3. The quantitative estimate of drug-likeness (QED) is 0.277. The SMILES string of the molecule is C=C(Nc1cncc(-c2cnc3n[nH]c(-c4cc5c(-c6ccncc6)cncc5[nH]4)c3c2)c1)C1CC1. The molecule has 0 atom stereocenters. The molecule has 0 radical (unpaired) electrons. The lowest BCUT2D eigenvalue weighted by Crippen LogP contribution is -2.00. The van der Waals surface area contributed by atoms with E-state index in [0.717, 1.165) is 61.3 Å². The normalized spacial score (nSPS) is 13.3. The number of fused-ring (bicyclic) bond motifs is 2. The predicted molar refractivity (Wildman–Crippen MR) is 141 cm³/mol. The third-order valence-corrected chi connectivity index (χ3v) is 6.66. The molecule has 6 aromatic heterocycles. The van der Waals surface area contributed by atoms with Crippen LogP contribution in [0.25, 0.3) is 55.6 Å². The lowest BCUT2D eigenvalue weighted by atomic mass is 10.0. The first-order valence-electron chi connectivity index (χ1n) is 11.9. The maximum atomic E-state index is 4.61. The van der Waals surface area contributed by atoms with Crippen molar-refractivity contribution in [2.24, 2.45) is 5.92 Å². The Balaban J connectivity index is 1.28. The highest BCUT2D eigenvalue weighted by Gasteiger charge is 2.24. The molecule has 36 heavy (non-hydrogen) atoms. The third-order valence-electron chi connectivity index (χ3n) is 6.66. The number of aromatic nitrogens is 7. The van der Waals surface area contributed by atoms with Crippen LogP contribution in [-0.2, 0) is 0 Å². The molecule has 7 rings (SSSR count). The highest BCUT2D eigenvalue weighted by Crippen LogP contribution is 2.37. The van der Waals surface area contributed by atoms with E-state index in [1.54, 1.807) is 12.4 Å². The van der Waals surface area contributed by atoms with Crippen LogP contribution in [0.1, 0.15) is 12.8 Å². The Morgan fingerprint density at radius 2 is 1.69 bits per heavy atom. The molecule has 0 unspecified atom stereocenters. The van der Waals surface area contributed by atoms with Gasteiger partial charge in [0.1, 0.15) is 0 Å². The molecule has 8 nitrogen and oxygen atoms in total. The molecule has 0 aromatic carbocycles. The molecule has 1 saturated carbocycles. The maximum absolute atomic E-state index is 4.61. The van der Waals surface area contributed by atoms with Gasteiger partial charge in [-0.05, 0) is 54.7 Å². The zero-order valence-corrected chi connectivity index (χ0v) is 19.4. The summed E-state index contributed by atoms with van der Waals surface area (Å²) >= 11 is 0. The van der Waals surface area contributed by atoms with Crippen molar-refractivity contribution >= 4 is 27.6 Å². The van der Waals surface area contributed by atoms with E-state index in [-0.39, 0.29) is 0 Å². The fourth-order valence-electron chi connectivity index (χ4n) is 4.60. The van der Waals surface area contributed by atoms with Crippen LogP contribution < -0.4 is 5.32 Å². The zero-order valence-electron chi connectivity index (χ0n) is 19.4. The molecule has 0 saturated heterocycles. The summed E-state index contributed by atoms with van der Waals surface area (Å²) in [4.78, 5) is 21.1. The Kier molecular flexibility index (Phi) is 4.63. The number of rotatable bonds is 6. The van der Waals surface area contributed by atoms with Gasteiger partial charge in [0.2, 0.25) is 0 Å². The molecule has 8 heteroatoms. The molecule has 0 spiro atoms. The molecule has 3 N–H and O–H groups in total. The van der Waals surface area contributed by atoms with E-state index in [2.05, 4.69) is 65.2 Å². The fourth-order valence-corrected chi connectivity index (χ4v) is 4.60. The summed E-state index contributed by atoms with van der Waals surface area (Å²) in [6.45, 7) is 4.16. The van der Waals surface area contributed by atoms with Crippen LogP contribution in [0, 0.1) is 5.92 Å². The van der Waals surface area contributed by atoms with E-state index in [9.17, 15) is 0 Å². The lowest BCUT2D eigenvalue weighted by molar-refractivity contribution is 1.02. The maximum Gasteiger partial charge on any atom is 0.181 e. The van der Waals surface area contributed by atoms with Gasteiger partial charge in [-0.1, -0.05) is 6.58 Å². The average molecular weight is 471 g/mol. The zero-order chi connectivity index (χ0) is 24.1. The minimum Gasteiger partial charge on any atom is -0.358 e. The molecule has 1 aliphatic rings. The molecule has 0 amide bonds. The van der Waals surface area contributed by atoms with Gasteiger partial charge in [0.05, 0.1) is 35.0 Å².